The molecule has 0 bridgehead atoms. The zero-order valence-electron chi connectivity index (χ0n) is 13.8. The summed E-state index contributed by atoms with van der Waals surface area (Å²) in [6.07, 6.45) is 5.53. The van der Waals surface area contributed by atoms with Gasteiger partial charge in [-0.05, 0) is 48.5 Å². The number of allylic oxidation sites excluding steroid dienone is 1. The van der Waals surface area contributed by atoms with Gasteiger partial charge in [-0.1, -0.05) is 6.92 Å². The molecule has 0 unspecified atom stereocenters. The van der Waals surface area contributed by atoms with Crippen LogP contribution in [0.3, 0.4) is 0 Å². The number of ether oxygens (including phenoxy) is 1. The van der Waals surface area contributed by atoms with E-state index < -0.39 is 0 Å². The van der Waals surface area contributed by atoms with Crippen LogP contribution in [-0.4, -0.2) is 30.3 Å². The first-order valence-electron chi connectivity index (χ1n) is 8.10. The van der Waals surface area contributed by atoms with Gasteiger partial charge in [-0.3, -0.25) is 14.4 Å². The summed E-state index contributed by atoms with van der Waals surface area (Å²) in [5.41, 5.74) is 5.94. The fourth-order valence-electron chi connectivity index (χ4n) is 3.49. The number of carbonyl (C=O) groups is 3. The minimum atomic E-state index is -0.297. The normalized spacial score (nSPS) is 16.1. The third kappa shape index (κ3) is 2.68. The lowest BCUT2D eigenvalue weighted by atomic mass is 9.97. The van der Waals surface area contributed by atoms with Gasteiger partial charge in [0, 0.05) is 23.4 Å². The number of fused-ring (bicyclic) bond motifs is 2. The molecule has 3 rings (SSSR count). The van der Waals surface area contributed by atoms with Crippen molar-refractivity contribution >= 4 is 24.2 Å². The zero-order chi connectivity index (χ0) is 17.3. The van der Waals surface area contributed by atoms with E-state index in [1.807, 2.05) is 13.0 Å². The Morgan fingerprint density at radius 2 is 2.17 bits per heavy atom. The number of H-pyrrole nitrogens is 1. The van der Waals surface area contributed by atoms with E-state index in [0.717, 1.165) is 52.8 Å². The summed E-state index contributed by atoms with van der Waals surface area (Å²) in [7, 11) is 1.35. The Morgan fingerprint density at radius 1 is 1.38 bits per heavy atom. The third-order valence-electron chi connectivity index (χ3n) is 4.69. The Morgan fingerprint density at radius 3 is 2.83 bits per heavy atom. The summed E-state index contributed by atoms with van der Waals surface area (Å²) in [6, 6.07) is 0. The van der Waals surface area contributed by atoms with Crippen LogP contribution in [0.25, 0.3) is 6.08 Å². The number of nitrogens with one attached hydrogen (secondary N) is 2. The second kappa shape index (κ2) is 6.47. The lowest BCUT2D eigenvalue weighted by Crippen LogP contribution is -2.16. The zero-order valence-corrected chi connectivity index (χ0v) is 13.8. The van der Waals surface area contributed by atoms with Crippen molar-refractivity contribution in [3.8, 4) is 0 Å². The molecule has 126 valence electrons. The standard InChI is InChI=1S/C18H20N2O4/c1-3-10-11-4-5-12-13(6-7-17(22)24-2)16(9-21)19-14(12)8-15(11)20-18(10)23/h8-9,19H,3-7H2,1-2H3,(H,20,23). The highest BCUT2D eigenvalue weighted by molar-refractivity contribution is 6.01. The number of hydrogen-bond donors (Lipinski definition) is 2. The van der Waals surface area contributed by atoms with Crippen molar-refractivity contribution in [2.24, 2.45) is 0 Å². The topological polar surface area (TPSA) is 88.3 Å². The van der Waals surface area contributed by atoms with Crippen molar-refractivity contribution in [3.05, 3.63) is 39.4 Å². The number of esters is 1. The third-order valence-corrected chi connectivity index (χ3v) is 4.69. The molecule has 6 nitrogen and oxygen atoms in total. The second-order valence-corrected chi connectivity index (χ2v) is 5.93. The van der Waals surface area contributed by atoms with Gasteiger partial charge in [0.25, 0.3) is 5.91 Å². The van der Waals surface area contributed by atoms with Crippen molar-refractivity contribution in [2.45, 2.75) is 39.0 Å². The monoisotopic (exact) mass is 328 g/mol. The van der Waals surface area contributed by atoms with Crippen LogP contribution >= 0.6 is 0 Å². The molecule has 1 aliphatic heterocycles. The van der Waals surface area contributed by atoms with Gasteiger partial charge in [-0.2, -0.15) is 0 Å². The Hall–Kier alpha value is -2.63. The highest BCUT2D eigenvalue weighted by Gasteiger charge is 2.29. The van der Waals surface area contributed by atoms with E-state index in [1.54, 1.807) is 0 Å². The molecule has 2 heterocycles. The van der Waals surface area contributed by atoms with E-state index in [-0.39, 0.29) is 18.3 Å². The number of carbonyl (C=O) groups excluding carboxylic acids is 3. The smallest absolute Gasteiger partial charge is 0.305 e. The molecule has 6 heteroatoms. The molecule has 2 aliphatic rings. The molecule has 0 saturated heterocycles. The summed E-state index contributed by atoms with van der Waals surface area (Å²) < 4.78 is 4.69. The SMILES string of the molecule is CCC1=C2CCc3c([nH]c(C=O)c3CCC(=O)OC)C=C2NC1=O. The maximum atomic E-state index is 12.0. The van der Waals surface area contributed by atoms with Crippen molar-refractivity contribution < 1.29 is 19.1 Å². The summed E-state index contributed by atoms with van der Waals surface area (Å²) in [6.45, 7) is 1.97. The number of aromatic amines is 1. The molecule has 0 spiro atoms. The van der Waals surface area contributed by atoms with E-state index in [0.29, 0.717) is 18.5 Å². The first kappa shape index (κ1) is 16.2. The van der Waals surface area contributed by atoms with Crippen molar-refractivity contribution in [1.29, 1.82) is 0 Å². The fourth-order valence-corrected chi connectivity index (χ4v) is 3.49. The van der Waals surface area contributed by atoms with Crippen LogP contribution in [0.15, 0.2) is 16.8 Å². The molecular formula is C18H20N2O4. The first-order chi connectivity index (χ1) is 11.6. The average molecular weight is 328 g/mol. The maximum absolute atomic E-state index is 12.0. The summed E-state index contributed by atoms with van der Waals surface area (Å²) in [4.78, 5) is 37.9. The molecule has 1 amide bonds. The molecule has 2 N–H and O–H groups in total. The van der Waals surface area contributed by atoms with E-state index in [9.17, 15) is 14.4 Å². The van der Waals surface area contributed by atoms with Gasteiger partial charge in [0.05, 0.1) is 12.8 Å². The van der Waals surface area contributed by atoms with Gasteiger partial charge in [0.2, 0.25) is 0 Å². The number of rotatable bonds is 5. The molecule has 0 saturated carbocycles. The summed E-state index contributed by atoms with van der Waals surface area (Å²) >= 11 is 0. The molecule has 0 radical (unpaired) electrons. The number of aldehydes is 1. The summed E-state index contributed by atoms with van der Waals surface area (Å²) in [5, 5.41) is 2.91. The van der Waals surface area contributed by atoms with E-state index in [2.05, 4.69) is 15.0 Å². The van der Waals surface area contributed by atoms with Crippen LogP contribution in [-0.2, 0) is 27.2 Å². The van der Waals surface area contributed by atoms with Gasteiger partial charge in [-0.25, -0.2) is 0 Å². The molecule has 1 aliphatic carbocycles. The maximum Gasteiger partial charge on any atom is 0.305 e. The molecule has 0 aromatic carbocycles. The Kier molecular flexibility index (Phi) is 4.38. The Balaban J connectivity index is 1.98. The minimum absolute atomic E-state index is 0.0321. The van der Waals surface area contributed by atoms with Gasteiger partial charge < -0.3 is 15.0 Å². The van der Waals surface area contributed by atoms with Crippen molar-refractivity contribution in [1.82, 2.24) is 10.3 Å². The minimum Gasteiger partial charge on any atom is -0.469 e. The average Bonchev–Trinajstić information content (AvgIpc) is 3.01. The largest absolute Gasteiger partial charge is 0.469 e. The molecular weight excluding hydrogens is 308 g/mol. The predicted octanol–water partition coefficient (Wildman–Crippen LogP) is 2.06. The van der Waals surface area contributed by atoms with Crippen LogP contribution in [0.4, 0.5) is 0 Å². The van der Waals surface area contributed by atoms with E-state index >= 15 is 0 Å². The second-order valence-electron chi connectivity index (χ2n) is 5.93. The molecule has 24 heavy (non-hydrogen) atoms. The molecule has 0 fully saturated rings. The summed E-state index contributed by atoms with van der Waals surface area (Å²) in [5.74, 6) is -0.329. The fraction of sp³-hybridized carbons (Fsp3) is 0.389. The van der Waals surface area contributed by atoms with Gasteiger partial charge in [-0.15, -0.1) is 0 Å². The lowest BCUT2D eigenvalue weighted by Gasteiger charge is -2.06. The first-order valence-corrected chi connectivity index (χ1v) is 8.10. The van der Waals surface area contributed by atoms with Crippen molar-refractivity contribution in [3.63, 3.8) is 0 Å². The van der Waals surface area contributed by atoms with Crippen molar-refractivity contribution in [2.75, 3.05) is 7.11 Å². The molecule has 1 aromatic heterocycles. The van der Waals surface area contributed by atoms with Gasteiger partial charge >= 0.3 is 5.97 Å². The van der Waals surface area contributed by atoms with Crippen LogP contribution in [0.1, 0.15) is 53.5 Å². The highest BCUT2D eigenvalue weighted by atomic mass is 16.5. The Bertz CT molecular complexity index is 783. The predicted molar refractivity (Wildman–Crippen MR) is 88.3 cm³/mol. The van der Waals surface area contributed by atoms with Crippen LogP contribution in [0.5, 0.6) is 0 Å². The van der Waals surface area contributed by atoms with E-state index in [4.69, 9.17) is 0 Å². The number of amides is 1. The number of methoxy groups -OCH3 is 1. The molecule has 1 aromatic rings. The number of hydrogen-bond acceptors (Lipinski definition) is 4. The Labute approximate surface area is 140 Å². The van der Waals surface area contributed by atoms with Crippen LogP contribution in [0, 0.1) is 0 Å². The molecule has 0 atom stereocenters. The quantitative estimate of drug-likeness (QED) is 0.639. The van der Waals surface area contributed by atoms with Crippen LogP contribution < -0.4 is 5.32 Å². The highest BCUT2D eigenvalue weighted by Crippen LogP contribution is 2.35. The number of aromatic nitrogens is 1. The van der Waals surface area contributed by atoms with Gasteiger partial charge in [0.15, 0.2) is 6.29 Å². The van der Waals surface area contributed by atoms with E-state index in [1.165, 1.54) is 7.11 Å². The van der Waals surface area contributed by atoms with Crippen LogP contribution in [0.2, 0.25) is 0 Å². The van der Waals surface area contributed by atoms with Gasteiger partial charge in [0.1, 0.15) is 0 Å². The lowest BCUT2D eigenvalue weighted by molar-refractivity contribution is -0.140.